The van der Waals surface area contributed by atoms with Crippen LogP contribution in [0.2, 0.25) is 0 Å². The van der Waals surface area contributed by atoms with E-state index in [0.29, 0.717) is 11.9 Å². The van der Waals surface area contributed by atoms with Crippen LogP contribution in [-0.2, 0) is 4.79 Å². The Labute approximate surface area is 169 Å². The SMILES string of the molecule is CCNC(=O)c1cc2ccc(OC(=O)COc3ccc([N+](=O)[O-])cc3)cc2oc1=O. The average Bonchev–Trinajstić information content (AvgIpc) is 2.72. The van der Waals surface area contributed by atoms with E-state index in [0.717, 1.165) is 0 Å². The first-order chi connectivity index (χ1) is 14.4. The highest BCUT2D eigenvalue weighted by molar-refractivity contribution is 5.96. The van der Waals surface area contributed by atoms with Crippen LogP contribution in [0.1, 0.15) is 17.3 Å². The van der Waals surface area contributed by atoms with E-state index in [1.165, 1.54) is 42.5 Å². The molecular weight excluding hydrogens is 396 g/mol. The zero-order chi connectivity index (χ0) is 21.7. The highest BCUT2D eigenvalue weighted by Gasteiger charge is 2.14. The minimum absolute atomic E-state index is 0.0992. The maximum Gasteiger partial charge on any atom is 0.349 e. The molecule has 0 spiro atoms. The molecule has 1 aromatic heterocycles. The van der Waals surface area contributed by atoms with Crippen molar-refractivity contribution in [2.75, 3.05) is 13.2 Å². The molecule has 0 unspecified atom stereocenters. The number of nitro groups is 1. The highest BCUT2D eigenvalue weighted by Crippen LogP contribution is 2.21. The number of carbonyl (C=O) groups excluding carboxylic acids is 2. The summed E-state index contributed by atoms with van der Waals surface area (Å²) in [5.74, 6) is -0.880. The van der Waals surface area contributed by atoms with Gasteiger partial charge in [-0.1, -0.05) is 0 Å². The van der Waals surface area contributed by atoms with Gasteiger partial charge in [0.2, 0.25) is 0 Å². The number of esters is 1. The van der Waals surface area contributed by atoms with Gasteiger partial charge in [0.1, 0.15) is 22.6 Å². The Kier molecular flexibility index (Phi) is 6.06. The molecule has 0 fully saturated rings. The van der Waals surface area contributed by atoms with Gasteiger partial charge in [-0.15, -0.1) is 0 Å². The fraction of sp³-hybridized carbons (Fsp3) is 0.150. The van der Waals surface area contributed by atoms with Crippen molar-refractivity contribution in [2.24, 2.45) is 0 Å². The summed E-state index contributed by atoms with van der Waals surface area (Å²) in [6, 6.07) is 11.0. The number of non-ortho nitro benzene ring substituents is 1. The summed E-state index contributed by atoms with van der Waals surface area (Å²) in [6.45, 7) is 1.66. The molecule has 0 saturated carbocycles. The van der Waals surface area contributed by atoms with Gasteiger partial charge >= 0.3 is 11.6 Å². The summed E-state index contributed by atoms with van der Waals surface area (Å²) in [4.78, 5) is 45.9. The summed E-state index contributed by atoms with van der Waals surface area (Å²) in [5, 5.41) is 13.6. The molecule has 30 heavy (non-hydrogen) atoms. The zero-order valence-electron chi connectivity index (χ0n) is 15.7. The van der Waals surface area contributed by atoms with Gasteiger partial charge in [0, 0.05) is 30.1 Å². The Balaban J connectivity index is 1.67. The molecule has 3 rings (SSSR count). The van der Waals surface area contributed by atoms with Crippen LogP contribution in [0.25, 0.3) is 11.0 Å². The molecule has 2 aromatic carbocycles. The molecular formula is C20H16N2O8. The third-order valence-electron chi connectivity index (χ3n) is 3.93. The van der Waals surface area contributed by atoms with Gasteiger partial charge in [-0.3, -0.25) is 14.9 Å². The van der Waals surface area contributed by atoms with Crippen molar-refractivity contribution in [3.8, 4) is 11.5 Å². The molecule has 0 aliphatic rings. The number of ether oxygens (including phenoxy) is 2. The second-order valence-electron chi connectivity index (χ2n) is 6.02. The lowest BCUT2D eigenvalue weighted by Gasteiger charge is -2.08. The zero-order valence-corrected chi connectivity index (χ0v) is 15.7. The van der Waals surface area contributed by atoms with Gasteiger partial charge in [0.25, 0.3) is 11.6 Å². The fourth-order valence-electron chi connectivity index (χ4n) is 2.54. The average molecular weight is 412 g/mol. The molecule has 0 atom stereocenters. The summed E-state index contributed by atoms with van der Waals surface area (Å²) in [7, 11) is 0. The topological polar surface area (TPSA) is 138 Å². The van der Waals surface area contributed by atoms with Crippen LogP contribution in [0, 0.1) is 10.1 Å². The number of amides is 1. The van der Waals surface area contributed by atoms with Gasteiger partial charge in [-0.2, -0.15) is 0 Å². The minimum atomic E-state index is -0.807. The predicted molar refractivity (Wildman–Crippen MR) is 105 cm³/mol. The monoisotopic (exact) mass is 412 g/mol. The number of benzene rings is 2. The van der Waals surface area contributed by atoms with E-state index in [1.807, 2.05) is 0 Å². The lowest BCUT2D eigenvalue weighted by atomic mass is 10.1. The first-order valence-electron chi connectivity index (χ1n) is 8.81. The Hall–Kier alpha value is -4.21. The van der Waals surface area contributed by atoms with E-state index in [2.05, 4.69) is 5.32 Å². The van der Waals surface area contributed by atoms with Crippen LogP contribution in [0.5, 0.6) is 11.5 Å². The van der Waals surface area contributed by atoms with E-state index in [4.69, 9.17) is 13.9 Å². The highest BCUT2D eigenvalue weighted by atomic mass is 16.6. The van der Waals surface area contributed by atoms with Crippen molar-refractivity contribution in [2.45, 2.75) is 6.92 Å². The summed E-state index contributed by atoms with van der Waals surface area (Å²) in [6.07, 6.45) is 0. The molecule has 1 heterocycles. The molecule has 10 nitrogen and oxygen atoms in total. The van der Waals surface area contributed by atoms with Crippen molar-refractivity contribution in [3.63, 3.8) is 0 Å². The second-order valence-corrected chi connectivity index (χ2v) is 6.02. The lowest BCUT2D eigenvalue weighted by Crippen LogP contribution is -2.27. The standard InChI is InChI=1S/C20H16N2O8/c1-2-21-19(24)16-9-12-3-6-15(10-17(12)30-20(16)25)29-18(23)11-28-14-7-4-13(5-8-14)22(26)27/h3-10H,2,11H2,1H3,(H,21,24). The third kappa shape index (κ3) is 4.79. The Bertz CT molecular complexity index is 1170. The predicted octanol–water partition coefficient (Wildman–Crippen LogP) is 2.44. The number of nitro benzene ring substituents is 1. The van der Waals surface area contributed by atoms with Crippen molar-refractivity contribution >= 4 is 28.5 Å². The molecule has 154 valence electrons. The number of hydrogen-bond acceptors (Lipinski definition) is 8. The molecule has 10 heteroatoms. The lowest BCUT2D eigenvalue weighted by molar-refractivity contribution is -0.384. The Morgan fingerprint density at radius 1 is 1.10 bits per heavy atom. The maximum absolute atomic E-state index is 12.0. The van der Waals surface area contributed by atoms with Crippen LogP contribution in [0.4, 0.5) is 5.69 Å². The third-order valence-corrected chi connectivity index (χ3v) is 3.93. The molecule has 1 N–H and O–H groups in total. The van der Waals surface area contributed by atoms with Crippen LogP contribution in [0.3, 0.4) is 0 Å². The molecule has 0 aliphatic carbocycles. The van der Waals surface area contributed by atoms with E-state index in [1.54, 1.807) is 13.0 Å². The van der Waals surface area contributed by atoms with Gasteiger partial charge in [-0.25, -0.2) is 9.59 Å². The summed E-state index contributed by atoms with van der Waals surface area (Å²) in [5.41, 5.74) is -0.878. The smallest absolute Gasteiger partial charge is 0.349 e. The summed E-state index contributed by atoms with van der Waals surface area (Å²) >= 11 is 0. The molecule has 0 bridgehead atoms. The Morgan fingerprint density at radius 3 is 2.47 bits per heavy atom. The number of fused-ring (bicyclic) bond motifs is 1. The van der Waals surface area contributed by atoms with Gasteiger partial charge in [0.15, 0.2) is 6.61 Å². The first kappa shape index (κ1) is 20.5. The summed E-state index contributed by atoms with van der Waals surface area (Å²) < 4.78 is 15.5. The minimum Gasteiger partial charge on any atom is -0.482 e. The molecule has 0 aliphatic heterocycles. The number of rotatable bonds is 7. The van der Waals surface area contributed by atoms with E-state index in [9.17, 15) is 24.5 Å². The van der Waals surface area contributed by atoms with E-state index < -0.39 is 29.0 Å². The van der Waals surface area contributed by atoms with E-state index >= 15 is 0 Å². The van der Waals surface area contributed by atoms with Crippen LogP contribution in [0.15, 0.2) is 57.7 Å². The second kappa shape index (κ2) is 8.86. The Morgan fingerprint density at radius 2 is 1.80 bits per heavy atom. The van der Waals surface area contributed by atoms with E-state index in [-0.39, 0.29) is 28.3 Å². The number of carbonyl (C=O) groups is 2. The maximum atomic E-state index is 12.0. The fourth-order valence-corrected chi connectivity index (χ4v) is 2.54. The van der Waals surface area contributed by atoms with Gasteiger partial charge < -0.3 is 19.2 Å². The van der Waals surface area contributed by atoms with Crippen molar-refractivity contribution in [1.29, 1.82) is 0 Å². The van der Waals surface area contributed by atoms with Crippen LogP contribution >= 0.6 is 0 Å². The molecule has 0 radical (unpaired) electrons. The quantitative estimate of drug-likeness (QED) is 0.205. The number of hydrogen-bond donors (Lipinski definition) is 1. The largest absolute Gasteiger partial charge is 0.482 e. The molecule has 3 aromatic rings. The van der Waals surface area contributed by atoms with Crippen molar-refractivity contribution in [1.82, 2.24) is 5.32 Å². The first-order valence-corrected chi connectivity index (χ1v) is 8.81. The number of nitrogens with zero attached hydrogens (tertiary/aromatic N) is 1. The number of nitrogens with one attached hydrogen (secondary N) is 1. The molecule has 0 saturated heterocycles. The normalized spacial score (nSPS) is 10.4. The van der Waals surface area contributed by atoms with Crippen molar-refractivity contribution in [3.05, 3.63) is 74.6 Å². The van der Waals surface area contributed by atoms with Gasteiger partial charge in [0.05, 0.1) is 4.92 Å². The van der Waals surface area contributed by atoms with Crippen molar-refractivity contribution < 1.29 is 28.4 Å². The van der Waals surface area contributed by atoms with Crippen LogP contribution < -0.4 is 20.4 Å². The van der Waals surface area contributed by atoms with Crippen LogP contribution in [-0.4, -0.2) is 30.0 Å². The van der Waals surface area contributed by atoms with Gasteiger partial charge in [-0.05, 0) is 37.3 Å². The molecule has 1 amide bonds.